The van der Waals surface area contributed by atoms with Crippen LogP contribution in [0.1, 0.15) is 16.1 Å². The third-order valence-corrected chi connectivity index (χ3v) is 7.53. The number of hydrogen-bond donors (Lipinski definition) is 2. The van der Waals surface area contributed by atoms with Gasteiger partial charge in [-0.05, 0) is 72.8 Å². The van der Waals surface area contributed by atoms with E-state index in [2.05, 4.69) is 26.6 Å². The first-order valence-electron chi connectivity index (χ1n) is 11.4. The molecule has 2 heterocycles. The molecule has 0 saturated carbocycles. The maximum absolute atomic E-state index is 13.4. The summed E-state index contributed by atoms with van der Waals surface area (Å²) < 4.78 is 6.25. The Morgan fingerprint density at radius 3 is 2.29 bits per heavy atom. The van der Waals surface area contributed by atoms with Crippen LogP contribution in [-0.2, 0) is 16.1 Å². The standard InChI is InChI=1S/C28H19BrClN3O4S/c29-17-7-9-18(10-8-17)31-24-25(28(36)33(27(24)35)16-20-4-3-15-37-20)38-21-13-11-19(12-14-21)32-26(34)22-5-1-2-6-23(22)30/h1-15,31H,16H2,(H,32,34). The molecule has 2 N–H and O–H groups in total. The van der Waals surface area contributed by atoms with Crippen LogP contribution in [0.2, 0.25) is 5.02 Å². The minimum atomic E-state index is -0.444. The number of imide groups is 1. The lowest BCUT2D eigenvalue weighted by molar-refractivity contribution is -0.138. The number of carbonyl (C=O) groups excluding carboxylic acids is 3. The molecular weight excluding hydrogens is 590 g/mol. The van der Waals surface area contributed by atoms with Crippen molar-refractivity contribution >= 4 is 68.4 Å². The van der Waals surface area contributed by atoms with Crippen molar-refractivity contribution in [2.75, 3.05) is 10.6 Å². The molecule has 3 aromatic carbocycles. The Hall–Kier alpha value is -3.79. The minimum absolute atomic E-state index is 0.0211. The van der Waals surface area contributed by atoms with Gasteiger partial charge in [-0.2, -0.15) is 0 Å². The van der Waals surface area contributed by atoms with Gasteiger partial charge in [-0.1, -0.05) is 51.4 Å². The van der Waals surface area contributed by atoms with Gasteiger partial charge >= 0.3 is 0 Å². The number of furan rings is 1. The van der Waals surface area contributed by atoms with Crippen molar-refractivity contribution in [3.63, 3.8) is 0 Å². The zero-order valence-corrected chi connectivity index (χ0v) is 22.8. The van der Waals surface area contributed by atoms with Crippen LogP contribution in [0, 0.1) is 0 Å². The van der Waals surface area contributed by atoms with Crippen LogP contribution < -0.4 is 10.6 Å². The van der Waals surface area contributed by atoms with E-state index in [0.717, 1.165) is 9.37 Å². The Morgan fingerprint density at radius 1 is 0.895 bits per heavy atom. The van der Waals surface area contributed by atoms with Crippen LogP contribution in [0.4, 0.5) is 11.4 Å². The van der Waals surface area contributed by atoms with Crippen molar-refractivity contribution in [1.82, 2.24) is 4.90 Å². The number of anilines is 2. The third-order valence-electron chi connectivity index (χ3n) is 5.58. The monoisotopic (exact) mass is 607 g/mol. The number of nitrogens with zero attached hydrogens (tertiary/aromatic N) is 1. The van der Waals surface area contributed by atoms with Gasteiger partial charge in [0.1, 0.15) is 16.4 Å². The zero-order chi connectivity index (χ0) is 26.6. The van der Waals surface area contributed by atoms with Crippen molar-refractivity contribution in [2.24, 2.45) is 0 Å². The molecule has 0 unspecified atom stereocenters. The summed E-state index contributed by atoms with van der Waals surface area (Å²) in [6.45, 7) is 0.0211. The van der Waals surface area contributed by atoms with Gasteiger partial charge in [-0.15, -0.1) is 0 Å². The summed E-state index contributed by atoms with van der Waals surface area (Å²) in [6, 6.07) is 24.5. The molecular formula is C28H19BrClN3O4S. The van der Waals surface area contributed by atoms with Crippen molar-refractivity contribution in [1.29, 1.82) is 0 Å². The van der Waals surface area contributed by atoms with E-state index >= 15 is 0 Å². The molecule has 0 fully saturated rings. The molecule has 0 radical (unpaired) electrons. The Balaban J connectivity index is 1.37. The second-order valence-electron chi connectivity index (χ2n) is 8.17. The van der Waals surface area contributed by atoms with Gasteiger partial charge in [-0.25, -0.2) is 0 Å². The fraction of sp³-hybridized carbons (Fsp3) is 0.0357. The predicted octanol–water partition coefficient (Wildman–Crippen LogP) is 6.93. The number of benzene rings is 3. The third kappa shape index (κ3) is 5.70. The largest absolute Gasteiger partial charge is 0.467 e. The molecule has 1 aromatic heterocycles. The molecule has 0 saturated heterocycles. The molecule has 190 valence electrons. The number of amides is 3. The highest BCUT2D eigenvalue weighted by Crippen LogP contribution is 2.37. The van der Waals surface area contributed by atoms with Gasteiger partial charge in [0.15, 0.2) is 0 Å². The summed E-state index contributed by atoms with van der Waals surface area (Å²) in [5, 5.41) is 6.29. The molecule has 0 atom stereocenters. The molecule has 10 heteroatoms. The van der Waals surface area contributed by atoms with E-state index in [1.165, 1.54) is 18.0 Å². The average Bonchev–Trinajstić information content (AvgIpc) is 3.50. The fourth-order valence-corrected chi connectivity index (χ4v) is 5.14. The van der Waals surface area contributed by atoms with Gasteiger partial charge < -0.3 is 15.1 Å². The van der Waals surface area contributed by atoms with Gasteiger partial charge in [0.2, 0.25) is 0 Å². The number of halogens is 2. The lowest BCUT2D eigenvalue weighted by atomic mass is 10.2. The summed E-state index contributed by atoms with van der Waals surface area (Å²) in [5.41, 5.74) is 1.78. The quantitative estimate of drug-likeness (QED) is 0.211. The normalized spacial score (nSPS) is 13.3. The molecule has 1 aliphatic rings. The summed E-state index contributed by atoms with van der Waals surface area (Å²) in [6.07, 6.45) is 1.50. The SMILES string of the molecule is O=C(Nc1ccc(SC2=C(Nc3ccc(Br)cc3)C(=O)N(Cc3ccco3)C2=O)cc1)c1ccccc1Cl. The highest BCUT2D eigenvalue weighted by molar-refractivity contribution is 9.10. The van der Waals surface area contributed by atoms with Gasteiger partial charge in [-0.3, -0.25) is 19.3 Å². The number of nitrogens with one attached hydrogen (secondary N) is 2. The summed E-state index contributed by atoms with van der Waals surface area (Å²) in [7, 11) is 0. The molecule has 7 nitrogen and oxygen atoms in total. The maximum Gasteiger partial charge on any atom is 0.278 e. The topological polar surface area (TPSA) is 91.7 Å². The summed E-state index contributed by atoms with van der Waals surface area (Å²) in [4.78, 5) is 41.4. The first-order chi connectivity index (χ1) is 18.4. The van der Waals surface area contributed by atoms with E-state index in [4.69, 9.17) is 16.0 Å². The van der Waals surface area contributed by atoms with Gasteiger partial charge in [0.05, 0.1) is 23.4 Å². The summed E-state index contributed by atoms with van der Waals surface area (Å²) in [5.74, 6) is -0.697. The molecule has 0 bridgehead atoms. The number of thioether (sulfide) groups is 1. The van der Waals surface area contributed by atoms with Crippen molar-refractivity contribution < 1.29 is 18.8 Å². The Labute approximate surface area is 236 Å². The number of carbonyl (C=O) groups is 3. The minimum Gasteiger partial charge on any atom is -0.467 e. The highest BCUT2D eigenvalue weighted by atomic mass is 79.9. The summed E-state index contributed by atoms with van der Waals surface area (Å²) >= 11 is 10.7. The molecule has 5 rings (SSSR count). The van der Waals surface area contributed by atoms with Crippen molar-refractivity contribution in [3.8, 4) is 0 Å². The van der Waals surface area contributed by atoms with Crippen molar-refractivity contribution in [3.05, 3.63) is 123 Å². The van der Waals surface area contributed by atoms with E-state index in [1.54, 1.807) is 60.7 Å². The zero-order valence-electron chi connectivity index (χ0n) is 19.6. The van der Waals surface area contributed by atoms with Crippen LogP contribution in [0.5, 0.6) is 0 Å². The molecule has 4 aromatic rings. The average molecular weight is 609 g/mol. The van der Waals surface area contributed by atoms with E-state index in [9.17, 15) is 14.4 Å². The molecule has 3 amide bonds. The van der Waals surface area contributed by atoms with E-state index < -0.39 is 11.8 Å². The fourth-order valence-electron chi connectivity index (χ4n) is 3.71. The Kier molecular flexibility index (Phi) is 7.69. The van der Waals surface area contributed by atoms with Crippen molar-refractivity contribution in [2.45, 2.75) is 11.4 Å². The first-order valence-corrected chi connectivity index (χ1v) is 13.4. The highest BCUT2D eigenvalue weighted by Gasteiger charge is 2.39. The lowest BCUT2D eigenvalue weighted by Gasteiger charge is -2.13. The van der Waals surface area contributed by atoms with E-state index in [1.807, 2.05) is 24.3 Å². The number of rotatable bonds is 8. The first kappa shape index (κ1) is 25.8. The van der Waals surface area contributed by atoms with Gasteiger partial charge in [0.25, 0.3) is 17.7 Å². The van der Waals surface area contributed by atoms with Crippen LogP contribution in [0.15, 0.2) is 116 Å². The van der Waals surface area contributed by atoms with Crippen LogP contribution >= 0.6 is 39.3 Å². The lowest BCUT2D eigenvalue weighted by Crippen LogP contribution is -2.31. The van der Waals surface area contributed by atoms with Gasteiger partial charge in [0, 0.05) is 20.7 Å². The van der Waals surface area contributed by atoms with Crippen LogP contribution in [0.25, 0.3) is 0 Å². The smallest absolute Gasteiger partial charge is 0.278 e. The maximum atomic E-state index is 13.4. The van der Waals surface area contributed by atoms with Crippen LogP contribution in [-0.4, -0.2) is 22.6 Å². The Morgan fingerprint density at radius 2 is 1.61 bits per heavy atom. The molecule has 38 heavy (non-hydrogen) atoms. The molecule has 0 aliphatic carbocycles. The Bertz CT molecular complexity index is 1540. The number of hydrogen-bond acceptors (Lipinski definition) is 6. The molecule has 1 aliphatic heterocycles. The van der Waals surface area contributed by atoms with E-state index in [-0.39, 0.29) is 23.1 Å². The molecule has 0 spiro atoms. The second kappa shape index (κ2) is 11.3. The van der Waals surface area contributed by atoms with Crippen LogP contribution in [0.3, 0.4) is 0 Å². The van der Waals surface area contributed by atoms with E-state index in [0.29, 0.717) is 32.6 Å². The second-order valence-corrected chi connectivity index (χ2v) is 10.6. The predicted molar refractivity (Wildman–Crippen MR) is 151 cm³/mol.